The maximum absolute atomic E-state index is 12.4. The van der Waals surface area contributed by atoms with Gasteiger partial charge < -0.3 is 15.0 Å². The topological polar surface area (TPSA) is 44.8 Å². The number of carbonyl (C=O) groups is 1. The lowest BCUT2D eigenvalue weighted by atomic mass is 10.0. The molecule has 3 heterocycles. The third-order valence-corrected chi connectivity index (χ3v) is 6.16. The molecule has 0 saturated carbocycles. The van der Waals surface area contributed by atoms with Crippen molar-refractivity contribution in [3.8, 4) is 0 Å². The van der Waals surface area contributed by atoms with E-state index in [9.17, 15) is 4.79 Å². The average Bonchev–Trinajstić information content (AvgIpc) is 2.56. The summed E-state index contributed by atoms with van der Waals surface area (Å²) in [4.78, 5) is 17.1. The third kappa shape index (κ3) is 6.22. The third-order valence-electron chi connectivity index (χ3n) is 5.03. The molecule has 0 aromatic heterocycles. The second-order valence-electron chi connectivity index (χ2n) is 6.72. The summed E-state index contributed by atoms with van der Waals surface area (Å²) < 4.78 is 5.63. The largest absolute Gasteiger partial charge is 0.376 e. The fraction of sp³-hybridized carbons (Fsp3) is 0.938. The van der Waals surface area contributed by atoms with E-state index in [4.69, 9.17) is 4.74 Å². The standard InChI is InChI=1S/C16H29N3O2S.2ClH/c1-13-11-19(7-8-21-13)15-2-5-18(6-3-15)16(20)10-14-12-22-9-4-17-14;;/h13-15,17H,2-12H2,1H3;2*1H. The Morgan fingerprint density at radius 2 is 2.00 bits per heavy atom. The fourth-order valence-electron chi connectivity index (χ4n) is 3.75. The Bertz CT molecular complexity index is 378. The van der Waals surface area contributed by atoms with Crippen LogP contribution in [0.25, 0.3) is 0 Å². The summed E-state index contributed by atoms with van der Waals surface area (Å²) in [6.07, 6.45) is 3.26. The van der Waals surface area contributed by atoms with E-state index < -0.39 is 0 Å². The van der Waals surface area contributed by atoms with Crippen LogP contribution in [0.5, 0.6) is 0 Å². The average molecular weight is 400 g/mol. The molecule has 0 aliphatic carbocycles. The number of carbonyl (C=O) groups excluding carboxylic acids is 1. The summed E-state index contributed by atoms with van der Waals surface area (Å²) in [6.45, 7) is 7.99. The smallest absolute Gasteiger partial charge is 0.224 e. The molecule has 3 saturated heterocycles. The van der Waals surface area contributed by atoms with Crippen LogP contribution in [-0.2, 0) is 9.53 Å². The molecule has 0 bridgehead atoms. The molecule has 3 fully saturated rings. The predicted molar refractivity (Wildman–Crippen MR) is 105 cm³/mol. The number of amides is 1. The molecule has 2 atom stereocenters. The van der Waals surface area contributed by atoms with Crippen LogP contribution in [0.4, 0.5) is 0 Å². The van der Waals surface area contributed by atoms with Crippen LogP contribution in [0.2, 0.25) is 0 Å². The molecule has 2 unspecified atom stereocenters. The van der Waals surface area contributed by atoms with Gasteiger partial charge in [0.2, 0.25) is 5.91 Å². The van der Waals surface area contributed by atoms with Gasteiger partial charge in [0.15, 0.2) is 0 Å². The lowest BCUT2D eigenvalue weighted by Crippen LogP contribution is -2.52. The minimum Gasteiger partial charge on any atom is -0.376 e. The first-order chi connectivity index (χ1) is 10.7. The summed E-state index contributed by atoms with van der Waals surface area (Å²) in [6, 6.07) is 1.02. The van der Waals surface area contributed by atoms with Gasteiger partial charge in [0.25, 0.3) is 0 Å². The number of halogens is 2. The van der Waals surface area contributed by atoms with Gasteiger partial charge in [-0.3, -0.25) is 9.69 Å². The molecular weight excluding hydrogens is 369 g/mol. The SMILES string of the molecule is CC1CN(C2CCN(C(=O)CC3CSCCN3)CC2)CCO1.Cl.Cl. The van der Waals surface area contributed by atoms with Gasteiger partial charge in [0.05, 0.1) is 12.7 Å². The van der Waals surface area contributed by atoms with E-state index in [1.807, 2.05) is 11.8 Å². The monoisotopic (exact) mass is 399 g/mol. The first-order valence-corrected chi connectivity index (χ1v) is 9.82. The Morgan fingerprint density at radius 1 is 1.25 bits per heavy atom. The number of hydrogen-bond donors (Lipinski definition) is 1. The molecule has 142 valence electrons. The number of rotatable bonds is 3. The minimum atomic E-state index is 0. The van der Waals surface area contributed by atoms with Crippen LogP contribution in [-0.4, -0.2) is 84.7 Å². The van der Waals surface area contributed by atoms with Crippen molar-refractivity contribution < 1.29 is 9.53 Å². The van der Waals surface area contributed by atoms with Gasteiger partial charge in [-0.1, -0.05) is 0 Å². The Morgan fingerprint density at radius 3 is 2.62 bits per heavy atom. The van der Waals surface area contributed by atoms with Gasteiger partial charge in [-0.2, -0.15) is 11.8 Å². The normalized spacial score (nSPS) is 29.5. The van der Waals surface area contributed by atoms with Gasteiger partial charge in [0.1, 0.15) is 0 Å². The molecule has 3 rings (SSSR count). The molecule has 0 aromatic rings. The van der Waals surface area contributed by atoms with E-state index in [0.717, 1.165) is 57.9 Å². The lowest BCUT2D eigenvalue weighted by molar-refractivity contribution is -0.133. The van der Waals surface area contributed by atoms with Crippen LogP contribution >= 0.6 is 36.6 Å². The number of piperidine rings is 1. The summed E-state index contributed by atoms with van der Waals surface area (Å²) in [5, 5.41) is 3.46. The van der Waals surface area contributed by atoms with Crippen molar-refractivity contribution in [2.45, 2.75) is 44.4 Å². The van der Waals surface area contributed by atoms with E-state index in [-0.39, 0.29) is 24.8 Å². The molecule has 0 radical (unpaired) electrons. The Labute approximate surface area is 162 Å². The highest BCUT2D eigenvalue weighted by atomic mass is 35.5. The zero-order valence-electron chi connectivity index (χ0n) is 14.4. The minimum absolute atomic E-state index is 0. The quantitative estimate of drug-likeness (QED) is 0.781. The molecule has 24 heavy (non-hydrogen) atoms. The molecule has 3 aliphatic rings. The second-order valence-corrected chi connectivity index (χ2v) is 7.87. The molecule has 0 spiro atoms. The maximum Gasteiger partial charge on any atom is 0.224 e. The van der Waals surface area contributed by atoms with Crippen LogP contribution in [0.3, 0.4) is 0 Å². The van der Waals surface area contributed by atoms with E-state index in [1.165, 1.54) is 5.75 Å². The molecule has 1 amide bonds. The molecule has 0 aromatic carbocycles. The van der Waals surface area contributed by atoms with Crippen molar-refractivity contribution in [1.82, 2.24) is 15.1 Å². The van der Waals surface area contributed by atoms with Crippen molar-refractivity contribution in [3.05, 3.63) is 0 Å². The highest BCUT2D eigenvalue weighted by Gasteiger charge is 2.30. The van der Waals surface area contributed by atoms with Gasteiger partial charge in [-0.15, -0.1) is 24.8 Å². The molecule has 8 heteroatoms. The first-order valence-electron chi connectivity index (χ1n) is 8.67. The number of likely N-dealkylation sites (tertiary alicyclic amines) is 1. The van der Waals surface area contributed by atoms with Gasteiger partial charge in [0, 0.05) is 62.7 Å². The van der Waals surface area contributed by atoms with Gasteiger partial charge in [-0.25, -0.2) is 0 Å². The van der Waals surface area contributed by atoms with Crippen molar-refractivity contribution >= 4 is 42.5 Å². The highest BCUT2D eigenvalue weighted by Crippen LogP contribution is 2.20. The molecule has 1 N–H and O–H groups in total. The highest BCUT2D eigenvalue weighted by molar-refractivity contribution is 7.99. The van der Waals surface area contributed by atoms with Crippen molar-refractivity contribution in [2.75, 3.05) is 50.8 Å². The van der Waals surface area contributed by atoms with Gasteiger partial charge in [-0.05, 0) is 19.8 Å². The summed E-state index contributed by atoms with van der Waals surface area (Å²) in [5.41, 5.74) is 0. The van der Waals surface area contributed by atoms with Crippen LogP contribution < -0.4 is 5.32 Å². The fourth-order valence-corrected chi connectivity index (χ4v) is 4.70. The molecule has 3 aliphatic heterocycles. The lowest BCUT2D eigenvalue weighted by Gasteiger charge is -2.42. The summed E-state index contributed by atoms with van der Waals surface area (Å²) >= 11 is 1.96. The van der Waals surface area contributed by atoms with E-state index in [2.05, 4.69) is 22.0 Å². The van der Waals surface area contributed by atoms with E-state index >= 15 is 0 Å². The summed E-state index contributed by atoms with van der Waals surface area (Å²) in [5.74, 6) is 2.59. The number of ether oxygens (including phenoxy) is 1. The van der Waals surface area contributed by atoms with Crippen molar-refractivity contribution in [1.29, 1.82) is 0 Å². The van der Waals surface area contributed by atoms with Crippen LogP contribution in [0.1, 0.15) is 26.2 Å². The number of nitrogens with zero attached hydrogens (tertiary/aromatic N) is 2. The van der Waals surface area contributed by atoms with E-state index in [1.54, 1.807) is 0 Å². The number of nitrogens with one attached hydrogen (secondary N) is 1. The van der Waals surface area contributed by atoms with Crippen LogP contribution in [0, 0.1) is 0 Å². The molecule has 5 nitrogen and oxygen atoms in total. The number of thioether (sulfide) groups is 1. The Balaban J connectivity index is 0.00000144. The predicted octanol–water partition coefficient (Wildman–Crippen LogP) is 1.64. The molecular formula is C16H31Cl2N3O2S. The van der Waals surface area contributed by atoms with Gasteiger partial charge >= 0.3 is 0 Å². The van der Waals surface area contributed by atoms with Crippen molar-refractivity contribution in [2.24, 2.45) is 0 Å². The summed E-state index contributed by atoms with van der Waals surface area (Å²) in [7, 11) is 0. The van der Waals surface area contributed by atoms with Crippen LogP contribution in [0.15, 0.2) is 0 Å². The van der Waals surface area contributed by atoms with E-state index in [0.29, 0.717) is 30.5 Å². The maximum atomic E-state index is 12.4. The first kappa shape index (κ1) is 22.3. The Hall–Kier alpha value is 0.280. The Kier molecular flexibility index (Phi) is 10.3. The zero-order chi connectivity index (χ0) is 15.4. The zero-order valence-corrected chi connectivity index (χ0v) is 16.9. The number of morpholine rings is 1. The van der Waals surface area contributed by atoms with Crippen molar-refractivity contribution in [3.63, 3.8) is 0 Å². The number of hydrogen-bond acceptors (Lipinski definition) is 5. The second kappa shape index (κ2) is 11.1.